The number of aromatic amines is 1. The molecule has 0 aliphatic carbocycles. The van der Waals surface area contributed by atoms with Gasteiger partial charge in [0.1, 0.15) is 26.8 Å². The molecule has 2 aromatic carbocycles. The zero-order chi connectivity index (χ0) is 27.1. The Morgan fingerprint density at radius 1 is 0.921 bits per heavy atom. The van der Waals surface area contributed by atoms with Gasteiger partial charge in [0.15, 0.2) is 23.9 Å². The van der Waals surface area contributed by atoms with Crippen molar-refractivity contribution in [3.8, 4) is 17.2 Å². The van der Waals surface area contributed by atoms with Gasteiger partial charge in [0.05, 0.1) is 27.0 Å². The number of carbonyl (C=O) groups is 1. The van der Waals surface area contributed by atoms with Gasteiger partial charge >= 0.3 is 5.97 Å². The number of pyridine rings is 1. The van der Waals surface area contributed by atoms with Crippen molar-refractivity contribution in [3.63, 3.8) is 0 Å². The van der Waals surface area contributed by atoms with Crippen LogP contribution in [0.15, 0.2) is 67.0 Å². The number of hydrogen-bond acceptors (Lipinski definition) is 7. The van der Waals surface area contributed by atoms with Gasteiger partial charge in [0, 0.05) is 23.4 Å². The first-order valence-corrected chi connectivity index (χ1v) is 13.2. The Kier molecular flexibility index (Phi) is 9.33. The number of benzene rings is 2. The standard InChI is InChI=1S/C28H26Cl2N2O5S/c1-34-23-7-5-4-6-22(23)32-14-18-9-11-27(38-18)28(33)37-25(13-19-20(29)15-31-16-21(19)30)17-8-10-24(35-2)26(12-17)36-3/h4-12,15-16,25,32H,13-14H2,1-3H3/p+1/t25-/m0/s1. The first-order chi connectivity index (χ1) is 18.4. The Morgan fingerprint density at radius 2 is 1.63 bits per heavy atom. The summed E-state index contributed by atoms with van der Waals surface area (Å²) in [6, 6.07) is 16.7. The fourth-order valence-corrected chi connectivity index (χ4v) is 5.24. The van der Waals surface area contributed by atoms with E-state index in [4.69, 9.17) is 42.1 Å². The van der Waals surface area contributed by atoms with Crippen LogP contribution in [0.2, 0.25) is 10.0 Å². The van der Waals surface area contributed by atoms with Crippen molar-refractivity contribution >= 4 is 46.2 Å². The van der Waals surface area contributed by atoms with E-state index in [1.165, 1.54) is 11.3 Å². The maximum atomic E-state index is 13.3. The van der Waals surface area contributed by atoms with Crippen molar-refractivity contribution in [2.45, 2.75) is 19.1 Å². The minimum atomic E-state index is -0.683. The Morgan fingerprint density at radius 3 is 2.34 bits per heavy atom. The maximum absolute atomic E-state index is 13.3. The van der Waals surface area contributed by atoms with E-state index in [1.807, 2.05) is 36.4 Å². The van der Waals surface area contributed by atoms with Gasteiger partial charge in [0.2, 0.25) is 0 Å². The highest BCUT2D eigenvalue weighted by Gasteiger charge is 2.24. The molecular formula is C28H27Cl2N2O5S+. The van der Waals surface area contributed by atoms with E-state index in [0.29, 0.717) is 44.1 Å². The SMILES string of the molecule is COc1ccccc1NCc1ccc(C(=O)O[C@@H](Cc2c(Cl)c[nH+]cc2Cl)c2ccc(OC)c(OC)c2)s1. The molecule has 0 radical (unpaired) electrons. The van der Waals surface area contributed by atoms with Crippen LogP contribution in [-0.2, 0) is 17.7 Å². The minimum Gasteiger partial charge on any atom is -0.495 e. The fraction of sp³-hybridized carbons (Fsp3) is 0.214. The number of methoxy groups -OCH3 is 3. The van der Waals surface area contributed by atoms with Crippen LogP contribution in [0.4, 0.5) is 5.69 Å². The first kappa shape index (κ1) is 27.6. The molecule has 0 amide bonds. The summed E-state index contributed by atoms with van der Waals surface area (Å²) in [6.45, 7) is 0.531. The van der Waals surface area contributed by atoms with Gasteiger partial charge in [-0.1, -0.05) is 41.4 Å². The quantitative estimate of drug-likeness (QED) is 0.202. The Bertz CT molecular complexity index is 1390. The molecule has 0 fully saturated rings. The Hall–Kier alpha value is -3.46. The number of halogens is 2. The molecule has 2 N–H and O–H groups in total. The molecule has 198 valence electrons. The van der Waals surface area contributed by atoms with E-state index >= 15 is 0 Å². The molecule has 7 nitrogen and oxygen atoms in total. The normalized spacial score (nSPS) is 11.5. The van der Waals surface area contributed by atoms with E-state index in [2.05, 4.69) is 10.3 Å². The molecule has 1 atom stereocenters. The van der Waals surface area contributed by atoms with Crippen LogP contribution >= 0.6 is 34.5 Å². The highest BCUT2D eigenvalue weighted by Crippen LogP contribution is 2.36. The number of esters is 1. The summed E-state index contributed by atoms with van der Waals surface area (Å²) in [5.74, 6) is 1.38. The molecule has 0 spiro atoms. The van der Waals surface area contributed by atoms with Crippen LogP contribution in [0, 0.1) is 0 Å². The molecule has 0 unspecified atom stereocenters. The number of H-pyrrole nitrogens is 1. The lowest BCUT2D eigenvalue weighted by Gasteiger charge is -2.20. The van der Waals surface area contributed by atoms with Crippen molar-refractivity contribution in [3.05, 3.63) is 97.9 Å². The summed E-state index contributed by atoms with van der Waals surface area (Å²) in [5.41, 5.74) is 2.24. The molecular weight excluding hydrogens is 547 g/mol. The summed E-state index contributed by atoms with van der Waals surface area (Å²) in [7, 11) is 4.74. The van der Waals surface area contributed by atoms with Crippen LogP contribution in [0.5, 0.6) is 17.2 Å². The van der Waals surface area contributed by atoms with Crippen LogP contribution in [0.3, 0.4) is 0 Å². The predicted octanol–water partition coefficient (Wildman–Crippen LogP) is 6.65. The number of para-hydroxylation sites is 2. The van der Waals surface area contributed by atoms with E-state index in [1.54, 1.807) is 51.9 Å². The third kappa shape index (κ3) is 6.51. The highest BCUT2D eigenvalue weighted by atomic mass is 35.5. The Balaban J connectivity index is 1.55. The number of rotatable bonds is 11. The van der Waals surface area contributed by atoms with Crippen molar-refractivity contribution in [2.75, 3.05) is 26.6 Å². The van der Waals surface area contributed by atoms with E-state index in [-0.39, 0.29) is 6.42 Å². The van der Waals surface area contributed by atoms with Crippen LogP contribution in [-0.4, -0.2) is 27.3 Å². The summed E-state index contributed by atoms with van der Waals surface area (Å²) >= 11 is 14.2. The molecule has 10 heteroatoms. The van der Waals surface area contributed by atoms with Crippen LogP contribution in [0.25, 0.3) is 0 Å². The molecule has 2 aromatic heterocycles. The average Bonchev–Trinajstić information content (AvgIpc) is 3.42. The summed E-state index contributed by atoms with van der Waals surface area (Å²) < 4.78 is 22.2. The molecule has 0 aliphatic heterocycles. The molecule has 0 aliphatic rings. The fourth-order valence-electron chi connectivity index (χ4n) is 3.88. The number of anilines is 1. The second-order valence-electron chi connectivity index (χ2n) is 8.16. The molecule has 2 heterocycles. The third-order valence-electron chi connectivity index (χ3n) is 5.84. The van der Waals surface area contributed by atoms with Crippen molar-refractivity contribution < 1.29 is 28.7 Å². The molecule has 4 rings (SSSR count). The molecule has 4 aromatic rings. The first-order valence-electron chi connectivity index (χ1n) is 11.7. The monoisotopic (exact) mass is 573 g/mol. The Labute approximate surface area is 235 Å². The van der Waals surface area contributed by atoms with Gasteiger partial charge in [-0.3, -0.25) is 0 Å². The lowest BCUT2D eigenvalue weighted by Crippen LogP contribution is -2.15. The minimum absolute atomic E-state index is 0.265. The number of ether oxygens (including phenoxy) is 4. The maximum Gasteiger partial charge on any atom is 0.348 e. The molecule has 38 heavy (non-hydrogen) atoms. The van der Waals surface area contributed by atoms with Crippen molar-refractivity contribution in [1.29, 1.82) is 0 Å². The van der Waals surface area contributed by atoms with Crippen molar-refractivity contribution in [2.24, 2.45) is 0 Å². The average molecular weight is 575 g/mol. The molecule has 0 saturated carbocycles. The third-order valence-corrected chi connectivity index (χ3v) is 7.58. The summed E-state index contributed by atoms with van der Waals surface area (Å²) in [4.78, 5) is 17.6. The van der Waals surface area contributed by atoms with Crippen LogP contribution < -0.4 is 24.5 Å². The zero-order valence-corrected chi connectivity index (χ0v) is 23.4. The van der Waals surface area contributed by atoms with Gasteiger partial charge in [0.25, 0.3) is 0 Å². The largest absolute Gasteiger partial charge is 0.495 e. The topological polar surface area (TPSA) is 80.2 Å². The number of thiophene rings is 1. The lowest BCUT2D eigenvalue weighted by molar-refractivity contribution is -0.377. The number of nitrogens with one attached hydrogen (secondary N) is 2. The predicted molar refractivity (Wildman–Crippen MR) is 149 cm³/mol. The van der Waals surface area contributed by atoms with Crippen molar-refractivity contribution in [1.82, 2.24) is 0 Å². The van der Waals surface area contributed by atoms with E-state index in [0.717, 1.165) is 16.3 Å². The number of hydrogen-bond donors (Lipinski definition) is 1. The number of carbonyl (C=O) groups excluding carboxylic acids is 1. The highest BCUT2D eigenvalue weighted by molar-refractivity contribution is 7.13. The van der Waals surface area contributed by atoms with Gasteiger partial charge in [-0.05, 0) is 42.0 Å². The lowest BCUT2D eigenvalue weighted by atomic mass is 10.0. The second-order valence-corrected chi connectivity index (χ2v) is 10.1. The van der Waals surface area contributed by atoms with Crippen LogP contribution in [0.1, 0.15) is 31.8 Å². The molecule has 0 bridgehead atoms. The van der Waals surface area contributed by atoms with E-state index in [9.17, 15) is 4.79 Å². The van der Waals surface area contributed by atoms with Gasteiger partial charge < -0.3 is 24.3 Å². The summed E-state index contributed by atoms with van der Waals surface area (Å²) in [6.07, 6.45) is 2.85. The van der Waals surface area contributed by atoms with Gasteiger partial charge in [-0.15, -0.1) is 11.3 Å². The smallest absolute Gasteiger partial charge is 0.348 e. The van der Waals surface area contributed by atoms with Gasteiger partial charge in [-0.2, -0.15) is 0 Å². The van der Waals surface area contributed by atoms with Gasteiger partial charge in [-0.25, -0.2) is 9.78 Å². The second kappa shape index (κ2) is 12.9. The molecule has 0 saturated heterocycles. The summed E-state index contributed by atoms with van der Waals surface area (Å²) in [5, 5.41) is 4.23. The number of aromatic nitrogens is 1. The van der Waals surface area contributed by atoms with E-state index < -0.39 is 12.1 Å². The zero-order valence-electron chi connectivity index (χ0n) is 21.0.